The van der Waals surface area contributed by atoms with Crippen LogP contribution in [0, 0.1) is 0 Å². The van der Waals surface area contributed by atoms with Gasteiger partial charge in [0.2, 0.25) is 0 Å². The van der Waals surface area contributed by atoms with E-state index in [4.69, 9.17) is 11.6 Å². The van der Waals surface area contributed by atoms with Crippen LogP contribution in [0.25, 0.3) is 0 Å². The molecule has 1 N–H and O–H groups in total. The lowest BCUT2D eigenvalue weighted by molar-refractivity contribution is 0.589. The molecule has 2 aromatic rings. The van der Waals surface area contributed by atoms with Gasteiger partial charge in [-0.05, 0) is 12.1 Å². The molecule has 112 valence electrons. The van der Waals surface area contributed by atoms with Crippen LogP contribution in [0.15, 0.2) is 39.0 Å². The van der Waals surface area contributed by atoms with Crippen LogP contribution >= 0.6 is 11.6 Å². The molecule has 0 saturated heterocycles. The Bertz CT molecular complexity index is 917. The van der Waals surface area contributed by atoms with Gasteiger partial charge in [0.15, 0.2) is 4.90 Å². The van der Waals surface area contributed by atoms with Crippen molar-refractivity contribution in [1.82, 2.24) is 14.1 Å². The zero-order valence-electron chi connectivity index (χ0n) is 11.1. The fourth-order valence-corrected chi connectivity index (χ4v) is 3.02. The highest BCUT2D eigenvalue weighted by Gasteiger charge is 2.21. The SMILES string of the molecule is Cn1cc(S(=O)(=O)Nc2ccnc(Cl)c2)c(=O)n(C)c1=O. The average molecular weight is 331 g/mol. The average Bonchev–Trinajstić information content (AvgIpc) is 2.40. The smallest absolute Gasteiger partial charge is 0.302 e. The van der Waals surface area contributed by atoms with Gasteiger partial charge in [-0.1, -0.05) is 11.6 Å². The lowest BCUT2D eigenvalue weighted by Gasteiger charge is -2.10. The van der Waals surface area contributed by atoms with Crippen molar-refractivity contribution < 1.29 is 8.42 Å². The Morgan fingerprint density at radius 2 is 1.95 bits per heavy atom. The van der Waals surface area contributed by atoms with Crippen molar-refractivity contribution >= 4 is 27.3 Å². The maximum absolute atomic E-state index is 12.2. The fourth-order valence-electron chi connectivity index (χ4n) is 1.64. The van der Waals surface area contributed by atoms with Gasteiger partial charge in [0.1, 0.15) is 5.15 Å². The van der Waals surface area contributed by atoms with Crippen LogP contribution < -0.4 is 16.0 Å². The van der Waals surface area contributed by atoms with Gasteiger partial charge in [0.05, 0.1) is 5.69 Å². The predicted molar refractivity (Wildman–Crippen MR) is 77.0 cm³/mol. The van der Waals surface area contributed by atoms with Gasteiger partial charge >= 0.3 is 5.69 Å². The minimum absolute atomic E-state index is 0.101. The summed E-state index contributed by atoms with van der Waals surface area (Å²) in [6.07, 6.45) is 2.29. The molecule has 2 aromatic heterocycles. The molecule has 0 spiro atoms. The number of anilines is 1. The number of halogens is 1. The lowest BCUT2D eigenvalue weighted by Crippen LogP contribution is -2.40. The molecule has 0 radical (unpaired) electrons. The van der Waals surface area contributed by atoms with Crippen LogP contribution in [-0.4, -0.2) is 22.5 Å². The van der Waals surface area contributed by atoms with Crippen molar-refractivity contribution in [3.63, 3.8) is 0 Å². The summed E-state index contributed by atoms with van der Waals surface area (Å²) < 4.78 is 28.4. The summed E-state index contributed by atoms with van der Waals surface area (Å²) in [4.78, 5) is 26.7. The second-order valence-corrected chi connectivity index (χ2v) is 6.26. The number of hydrogen-bond acceptors (Lipinski definition) is 5. The van der Waals surface area contributed by atoms with Crippen molar-refractivity contribution in [2.45, 2.75) is 4.90 Å². The minimum atomic E-state index is -4.15. The molecule has 0 bridgehead atoms. The van der Waals surface area contributed by atoms with Crippen LogP contribution in [0.5, 0.6) is 0 Å². The van der Waals surface area contributed by atoms with Gasteiger partial charge in [0.25, 0.3) is 15.6 Å². The molecule has 0 aliphatic heterocycles. The molecular weight excluding hydrogens is 320 g/mol. The topological polar surface area (TPSA) is 103 Å². The molecule has 0 fully saturated rings. The van der Waals surface area contributed by atoms with E-state index in [1.165, 1.54) is 32.4 Å². The van der Waals surface area contributed by atoms with Crippen molar-refractivity contribution in [2.75, 3.05) is 4.72 Å². The summed E-state index contributed by atoms with van der Waals surface area (Å²) in [5, 5.41) is 0.101. The first-order chi connectivity index (χ1) is 9.72. The first-order valence-corrected chi connectivity index (χ1v) is 7.49. The van der Waals surface area contributed by atoms with Crippen molar-refractivity contribution in [2.24, 2.45) is 14.1 Å². The van der Waals surface area contributed by atoms with E-state index in [2.05, 4.69) is 9.71 Å². The quantitative estimate of drug-likeness (QED) is 0.794. The van der Waals surface area contributed by atoms with Crippen molar-refractivity contribution in [3.05, 3.63) is 50.5 Å². The molecule has 0 saturated carbocycles. The lowest BCUT2D eigenvalue weighted by atomic mass is 10.4. The number of pyridine rings is 1. The van der Waals surface area contributed by atoms with Crippen molar-refractivity contribution in [1.29, 1.82) is 0 Å². The third-order valence-electron chi connectivity index (χ3n) is 2.68. The highest BCUT2D eigenvalue weighted by atomic mass is 35.5. The van der Waals surface area contributed by atoms with E-state index in [0.717, 1.165) is 10.8 Å². The number of rotatable bonds is 3. The highest BCUT2D eigenvalue weighted by molar-refractivity contribution is 7.92. The predicted octanol–water partition coefficient (Wildman–Crippen LogP) is -0.0668. The largest absolute Gasteiger partial charge is 0.330 e. The standard InChI is InChI=1S/C11H11ClN4O4S/c1-15-6-8(10(17)16(2)11(15)18)21(19,20)14-7-3-4-13-9(12)5-7/h3-6H,1-2H3,(H,13,14). The molecule has 0 amide bonds. The summed E-state index contributed by atoms with van der Waals surface area (Å²) >= 11 is 5.66. The van der Waals surface area contributed by atoms with Crippen LogP contribution in [0.4, 0.5) is 5.69 Å². The van der Waals surface area contributed by atoms with Gasteiger partial charge in [-0.2, -0.15) is 0 Å². The van der Waals surface area contributed by atoms with Gasteiger partial charge in [0, 0.05) is 26.5 Å². The normalized spacial score (nSPS) is 11.4. The molecule has 0 aliphatic rings. The van der Waals surface area contributed by atoms with Crippen LogP contribution in [-0.2, 0) is 24.1 Å². The van der Waals surface area contributed by atoms with Gasteiger partial charge in [-0.25, -0.2) is 18.2 Å². The van der Waals surface area contributed by atoms with Crippen LogP contribution in [0.3, 0.4) is 0 Å². The van der Waals surface area contributed by atoms with Gasteiger partial charge in [-0.15, -0.1) is 0 Å². The number of hydrogen-bond donors (Lipinski definition) is 1. The maximum atomic E-state index is 12.2. The van der Waals surface area contributed by atoms with E-state index < -0.39 is 26.2 Å². The molecule has 10 heteroatoms. The van der Waals surface area contributed by atoms with E-state index in [1.54, 1.807) is 0 Å². The fraction of sp³-hybridized carbons (Fsp3) is 0.182. The van der Waals surface area contributed by atoms with Crippen LogP contribution in [0.2, 0.25) is 5.15 Å². The second kappa shape index (κ2) is 5.34. The molecule has 2 heterocycles. The third kappa shape index (κ3) is 2.98. The van der Waals surface area contributed by atoms with E-state index in [0.29, 0.717) is 4.57 Å². The number of nitrogens with zero attached hydrogens (tertiary/aromatic N) is 3. The molecule has 0 aliphatic carbocycles. The molecule has 0 unspecified atom stereocenters. The first-order valence-electron chi connectivity index (χ1n) is 5.63. The van der Waals surface area contributed by atoms with Crippen LogP contribution in [0.1, 0.15) is 0 Å². The summed E-state index contributed by atoms with van der Waals surface area (Å²) in [6, 6.07) is 2.68. The summed E-state index contributed by atoms with van der Waals surface area (Å²) in [5.74, 6) is 0. The molecule has 0 atom stereocenters. The number of aromatic nitrogens is 3. The summed E-state index contributed by atoms with van der Waals surface area (Å²) in [7, 11) is -1.60. The Kier molecular flexibility index (Phi) is 3.88. The van der Waals surface area contributed by atoms with Gasteiger partial charge in [-0.3, -0.25) is 14.1 Å². The Labute approximate surface area is 124 Å². The Morgan fingerprint density at radius 1 is 1.29 bits per heavy atom. The molecule has 0 aromatic carbocycles. The Hall–Kier alpha value is -2.13. The molecular formula is C11H11ClN4O4S. The summed E-state index contributed by atoms with van der Waals surface area (Å²) in [5.41, 5.74) is -1.37. The van der Waals surface area contributed by atoms with E-state index in [1.807, 2.05) is 0 Å². The highest BCUT2D eigenvalue weighted by Crippen LogP contribution is 2.15. The molecule has 2 rings (SSSR count). The van der Waals surface area contributed by atoms with Gasteiger partial charge < -0.3 is 4.57 Å². The monoisotopic (exact) mass is 330 g/mol. The van der Waals surface area contributed by atoms with Crippen molar-refractivity contribution in [3.8, 4) is 0 Å². The van der Waals surface area contributed by atoms with E-state index in [9.17, 15) is 18.0 Å². The zero-order chi connectivity index (χ0) is 15.8. The number of sulfonamides is 1. The molecule has 21 heavy (non-hydrogen) atoms. The second-order valence-electron chi connectivity index (χ2n) is 4.22. The minimum Gasteiger partial charge on any atom is -0.302 e. The zero-order valence-corrected chi connectivity index (χ0v) is 12.6. The Balaban J connectivity index is 2.56. The van der Waals surface area contributed by atoms with E-state index >= 15 is 0 Å². The Morgan fingerprint density at radius 3 is 2.57 bits per heavy atom. The maximum Gasteiger partial charge on any atom is 0.330 e. The number of aryl methyl sites for hydroxylation is 1. The van der Waals surface area contributed by atoms with E-state index in [-0.39, 0.29) is 10.8 Å². The summed E-state index contributed by atoms with van der Waals surface area (Å²) in [6.45, 7) is 0. The third-order valence-corrected chi connectivity index (χ3v) is 4.25. The first kappa shape index (κ1) is 15.3. The number of nitrogens with one attached hydrogen (secondary N) is 1. The molecule has 8 nitrogen and oxygen atoms in total.